The van der Waals surface area contributed by atoms with Gasteiger partial charge >= 0.3 is 0 Å². The fourth-order valence-corrected chi connectivity index (χ4v) is 14.0. The highest BCUT2D eigenvalue weighted by Crippen LogP contribution is 2.90. The molecule has 8 aliphatic rings. The van der Waals surface area contributed by atoms with Gasteiger partial charge in [-0.05, 0) is 104 Å². The van der Waals surface area contributed by atoms with Crippen LogP contribution >= 0.6 is 0 Å². The van der Waals surface area contributed by atoms with Gasteiger partial charge in [-0.3, -0.25) is 0 Å². The summed E-state index contributed by atoms with van der Waals surface area (Å²) in [7, 11) is 0. The van der Waals surface area contributed by atoms with Gasteiger partial charge in [0.1, 0.15) is 24.4 Å². The number of rotatable bonds is 3. The molecule has 2 bridgehead atoms. The second kappa shape index (κ2) is 9.00. The van der Waals surface area contributed by atoms with E-state index in [-0.39, 0.29) is 69.7 Å². The van der Waals surface area contributed by atoms with Crippen LogP contribution in [-0.2, 0) is 18.9 Å². The molecule has 3 saturated heterocycles. The zero-order chi connectivity index (χ0) is 31.6. The lowest BCUT2D eigenvalue weighted by Crippen LogP contribution is -2.63. The molecule has 5 saturated carbocycles. The summed E-state index contributed by atoms with van der Waals surface area (Å²) in [6.07, 6.45) is 1.70. The van der Waals surface area contributed by atoms with E-state index >= 15 is 0 Å². The normalized spacial score (nSPS) is 62.2. The van der Waals surface area contributed by atoms with E-state index in [0.29, 0.717) is 12.3 Å². The number of aliphatic hydroxyl groups excluding tert-OH is 4. The van der Waals surface area contributed by atoms with Gasteiger partial charge in [0.25, 0.3) is 0 Å². The van der Waals surface area contributed by atoms with Crippen LogP contribution in [-0.4, -0.2) is 92.5 Å². The van der Waals surface area contributed by atoms with Crippen molar-refractivity contribution in [1.29, 1.82) is 0 Å². The minimum Gasteiger partial charge on any atom is -0.393 e. The van der Waals surface area contributed by atoms with Crippen molar-refractivity contribution >= 4 is 0 Å². The number of fused-ring (bicyclic) bond motifs is 4. The Morgan fingerprint density at radius 2 is 1.52 bits per heavy atom. The zero-order valence-electron chi connectivity index (χ0n) is 27.7. The van der Waals surface area contributed by atoms with E-state index in [9.17, 15) is 25.5 Å². The first-order valence-electron chi connectivity index (χ1n) is 17.4. The maximum atomic E-state index is 12.4. The Balaban J connectivity index is 1.10. The van der Waals surface area contributed by atoms with Crippen LogP contribution < -0.4 is 0 Å². The summed E-state index contributed by atoms with van der Waals surface area (Å²) in [4.78, 5) is 0. The van der Waals surface area contributed by atoms with Crippen LogP contribution in [0.4, 0.5) is 0 Å². The van der Waals surface area contributed by atoms with Crippen molar-refractivity contribution in [2.24, 2.45) is 50.7 Å². The molecule has 3 spiro atoms. The van der Waals surface area contributed by atoms with Crippen LogP contribution in [0.2, 0.25) is 0 Å². The predicted molar refractivity (Wildman–Crippen MR) is 159 cm³/mol. The van der Waals surface area contributed by atoms with Gasteiger partial charge in [0.15, 0.2) is 12.1 Å². The Hall–Kier alpha value is -0.360. The monoisotopic (exact) mass is 620 g/mol. The highest BCUT2D eigenvalue weighted by molar-refractivity contribution is 5.34. The summed E-state index contributed by atoms with van der Waals surface area (Å²) in [5.74, 6) is 0.319. The molecular formula is C35H56O9. The molecule has 0 aromatic rings. The lowest BCUT2D eigenvalue weighted by atomic mass is 9.41. The molecule has 250 valence electrons. The van der Waals surface area contributed by atoms with Crippen molar-refractivity contribution < 1.29 is 44.5 Å². The lowest BCUT2D eigenvalue weighted by Gasteiger charge is -2.64. The fraction of sp³-hybridized carbons (Fsp3) is 1.00. The van der Waals surface area contributed by atoms with Gasteiger partial charge in [-0.1, -0.05) is 34.6 Å². The molecule has 3 heterocycles. The molecule has 0 amide bonds. The summed E-state index contributed by atoms with van der Waals surface area (Å²) in [5.41, 5.74) is -1.28. The first-order chi connectivity index (χ1) is 20.4. The van der Waals surface area contributed by atoms with E-state index in [4.69, 9.17) is 18.9 Å². The summed E-state index contributed by atoms with van der Waals surface area (Å²) in [5, 5.41) is 54.2. The average molecular weight is 621 g/mol. The lowest BCUT2D eigenvalue weighted by molar-refractivity contribution is -0.304. The second-order valence-corrected chi connectivity index (χ2v) is 18.4. The highest BCUT2D eigenvalue weighted by atomic mass is 16.8. The van der Waals surface area contributed by atoms with E-state index in [1.807, 2.05) is 13.8 Å². The number of hydrogen-bond donors (Lipinski definition) is 5. The predicted octanol–water partition coefficient (Wildman–Crippen LogP) is 3.12. The molecule has 9 heteroatoms. The van der Waals surface area contributed by atoms with Crippen LogP contribution in [0.15, 0.2) is 0 Å². The quantitative estimate of drug-likeness (QED) is 0.301. The Morgan fingerprint density at radius 1 is 0.795 bits per heavy atom. The molecule has 8 fully saturated rings. The second-order valence-electron chi connectivity index (χ2n) is 18.4. The molecule has 5 N–H and O–H groups in total. The first kappa shape index (κ1) is 30.9. The third-order valence-electron chi connectivity index (χ3n) is 15.7. The highest BCUT2D eigenvalue weighted by Gasteiger charge is 2.87. The van der Waals surface area contributed by atoms with Crippen molar-refractivity contribution in [1.82, 2.24) is 0 Å². The summed E-state index contributed by atoms with van der Waals surface area (Å²) in [6.45, 7) is 15.4. The van der Waals surface area contributed by atoms with Crippen molar-refractivity contribution in [3.05, 3.63) is 0 Å². The minimum atomic E-state index is -1.31. The van der Waals surface area contributed by atoms with E-state index in [1.165, 1.54) is 0 Å². The zero-order valence-corrected chi connectivity index (χ0v) is 27.7. The van der Waals surface area contributed by atoms with Gasteiger partial charge in [-0.2, -0.15) is 0 Å². The number of hydrogen-bond acceptors (Lipinski definition) is 9. The van der Waals surface area contributed by atoms with Crippen molar-refractivity contribution in [2.45, 2.75) is 160 Å². The molecule has 0 radical (unpaired) electrons. The molecule has 17 atom stereocenters. The smallest absolute Gasteiger partial charge is 0.186 e. The van der Waals surface area contributed by atoms with Crippen molar-refractivity contribution in [3.8, 4) is 0 Å². The standard InChI is InChI=1S/C35H56O9/c1-17-12-20-27(30(4,5)40)44-35(43-20)15-32(7)26-18(36)13-21-29(2,3)22(42-28-24(39)23(38)19(37)14-41-28)8-9-33(21)16-34(26,33)11-10-31(32,6)25(17)35/h17-28,36-40H,8-16H2,1-7H3/t17-,18+,19+,20-,21+,22+,23-,24+,25-,26+,27+,28-,31-,32+,33-,34+,35-/m1/s1. The molecule has 0 aromatic heterocycles. The van der Waals surface area contributed by atoms with Gasteiger partial charge in [0, 0.05) is 12.3 Å². The summed E-state index contributed by atoms with van der Waals surface area (Å²) in [6, 6.07) is 0. The van der Waals surface area contributed by atoms with E-state index in [1.54, 1.807) is 0 Å². The Morgan fingerprint density at radius 3 is 2.23 bits per heavy atom. The molecule has 44 heavy (non-hydrogen) atoms. The molecule has 8 rings (SSSR count). The van der Waals surface area contributed by atoms with Crippen LogP contribution in [0.5, 0.6) is 0 Å². The van der Waals surface area contributed by atoms with Gasteiger partial charge in [-0.25, -0.2) is 0 Å². The molecule has 0 aromatic carbocycles. The average Bonchev–Trinajstić information content (AvgIpc) is 3.38. The maximum Gasteiger partial charge on any atom is 0.186 e. The number of ether oxygens (including phenoxy) is 4. The molecule has 5 aliphatic carbocycles. The van der Waals surface area contributed by atoms with Crippen LogP contribution in [0.1, 0.15) is 99.8 Å². The molecule has 0 unspecified atom stereocenters. The third-order valence-corrected chi connectivity index (χ3v) is 15.7. The summed E-state index contributed by atoms with van der Waals surface area (Å²) < 4.78 is 25.9. The van der Waals surface area contributed by atoms with Gasteiger partial charge < -0.3 is 44.5 Å². The Labute approximate surface area is 262 Å². The van der Waals surface area contributed by atoms with Gasteiger partial charge in [0.05, 0.1) is 30.5 Å². The SMILES string of the molecule is C[C@@H]1C[C@H]2O[C@]3(C[C@@]4(C)[C@@H]5[C@@H](O)C[C@H]6C(C)(C)[C@@H](O[C@H]7OC[C@H](O)[C@@H](O)[C@@H]7O)CC[C@@]67C[C@@]57CC[C@]4(C)[C@@H]13)O[C@@H]2C(C)(C)O. The Kier molecular flexibility index (Phi) is 6.33. The fourth-order valence-electron chi connectivity index (χ4n) is 14.0. The van der Waals surface area contributed by atoms with E-state index < -0.39 is 42.1 Å². The van der Waals surface area contributed by atoms with Gasteiger partial charge in [-0.15, -0.1) is 0 Å². The molecule has 3 aliphatic heterocycles. The van der Waals surface area contributed by atoms with Gasteiger partial charge in [0.2, 0.25) is 0 Å². The van der Waals surface area contributed by atoms with Crippen molar-refractivity contribution in [3.63, 3.8) is 0 Å². The first-order valence-corrected chi connectivity index (χ1v) is 17.4. The van der Waals surface area contributed by atoms with Crippen LogP contribution in [0.3, 0.4) is 0 Å². The number of aliphatic hydroxyl groups is 5. The van der Waals surface area contributed by atoms with E-state index in [2.05, 4.69) is 34.6 Å². The minimum absolute atomic E-state index is 0.0465. The van der Waals surface area contributed by atoms with E-state index in [0.717, 1.165) is 44.9 Å². The Bertz CT molecular complexity index is 1200. The third kappa shape index (κ3) is 3.53. The maximum absolute atomic E-state index is 12.4. The largest absolute Gasteiger partial charge is 0.393 e. The molecule has 9 nitrogen and oxygen atoms in total. The summed E-state index contributed by atoms with van der Waals surface area (Å²) >= 11 is 0. The van der Waals surface area contributed by atoms with Crippen LogP contribution in [0.25, 0.3) is 0 Å². The molecular weight excluding hydrogens is 564 g/mol. The van der Waals surface area contributed by atoms with Crippen molar-refractivity contribution in [2.75, 3.05) is 6.61 Å². The topological polar surface area (TPSA) is 138 Å². The van der Waals surface area contributed by atoms with Crippen LogP contribution in [0, 0.1) is 50.7 Å².